The van der Waals surface area contributed by atoms with Crippen molar-refractivity contribution in [2.45, 2.75) is 37.9 Å². The minimum absolute atomic E-state index is 0.0739. The van der Waals surface area contributed by atoms with Gasteiger partial charge in [0.15, 0.2) is 0 Å². The van der Waals surface area contributed by atoms with E-state index in [4.69, 9.17) is 0 Å². The van der Waals surface area contributed by atoms with Gasteiger partial charge >= 0.3 is 6.03 Å². The van der Waals surface area contributed by atoms with Crippen LogP contribution in [0.25, 0.3) is 0 Å². The Morgan fingerprint density at radius 1 is 1.12 bits per heavy atom. The highest BCUT2D eigenvalue weighted by Crippen LogP contribution is 2.29. The molecule has 2 aromatic rings. The van der Waals surface area contributed by atoms with E-state index in [0.29, 0.717) is 6.54 Å². The fourth-order valence-corrected chi connectivity index (χ4v) is 4.30. The molecule has 5 heteroatoms. The van der Waals surface area contributed by atoms with E-state index in [0.717, 1.165) is 32.1 Å². The number of hydrogen-bond donors (Lipinski definition) is 1. The molecule has 1 atom stereocenters. The van der Waals surface area contributed by atoms with Gasteiger partial charge in [-0.1, -0.05) is 36.4 Å². The van der Waals surface area contributed by atoms with Crippen molar-refractivity contribution in [3.8, 4) is 0 Å². The third-order valence-electron chi connectivity index (χ3n) is 5.15. The van der Waals surface area contributed by atoms with Crippen molar-refractivity contribution in [2.75, 3.05) is 19.6 Å². The van der Waals surface area contributed by atoms with Gasteiger partial charge in [-0.2, -0.15) is 0 Å². The minimum Gasteiger partial charge on any atom is -0.333 e. The molecule has 2 fully saturated rings. The second kappa shape index (κ2) is 7.58. The molecule has 1 aliphatic carbocycles. The molecule has 2 amide bonds. The van der Waals surface area contributed by atoms with Crippen LogP contribution in [-0.2, 0) is 13.0 Å². The third-order valence-corrected chi connectivity index (χ3v) is 6.02. The van der Waals surface area contributed by atoms with Crippen molar-refractivity contribution in [3.63, 3.8) is 0 Å². The molecule has 2 aliphatic rings. The molecular formula is C20H25N3OS. The molecular weight excluding hydrogens is 330 g/mol. The van der Waals surface area contributed by atoms with Crippen molar-refractivity contribution in [2.24, 2.45) is 0 Å². The Morgan fingerprint density at radius 2 is 1.96 bits per heavy atom. The van der Waals surface area contributed by atoms with Crippen molar-refractivity contribution >= 4 is 17.4 Å². The Morgan fingerprint density at radius 3 is 2.68 bits per heavy atom. The summed E-state index contributed by atoms with van der Waals surface area (Å²) in [6.07, 6.45) is 3.57. The molecule has 1 saturated heterocycles. The molecule has 25 heavy (non-hydrogen) atoms. The number of hydrogen-bond acceptors (Lipinski definition) is 3. The first-order valence-electron chi connectivity index (χ1n) is 9.14. The molecule has 4 rings (SSSR count). The summed E-state index contributed by atoms with van der Waals surface area (Å²) in [6.45, 7) is 3.44. The Hall–Kier alpha value is -1.85. The highest BCUT2D eigenvalue weighted by atomic mass is 32.1. The highest BCUT2D eigenvalue weighted by molar-refractivity contribution is 7.09. The average molecular weight is 356 g/mol. The number of amides is 2. The normalized spacial score (nSPS) is 21.3. The van der Waals surface area contributed by atoms with Crippen LogP contribution in [0.2, 0.25) is 0 Å². The number of nitrogens with zero attached hydrogens (tertiary/aromatic N) is 2. The van der Waals surface area contributed by atoms with Crippen molar-refractivity contribution < 1.29 is 4.79 Å². The van der Waals surface area contributed by atoms with Crippen LogP contribution in [0.5, 0.6) is 0 Å². The van der Waals surface area contributed by atoms with Gasteiger partial charge in [0.25, 0.3) is 0 Å². The maximum Gasteiger partial charge on any atom is 0.318 e. The fraction of sp³-hybridized carbons (Fsp3) is 0.450. The first-order valence-corrected chi connectivity index (χ1v) is 10.0. The van der Waals surface area contributed by atoms with Crippen LogP contribution in [0, 0.1) is 0 Å². The Labute approximate surface area is 153 Å². The van der Waals surface area contributed by atoms with Crippen LogP contribution in [0.1, 0.15) is 23.3 Å². The Kier molecular flexibility index (Phi) is 5.04. The molecule has 1 unspecified atom stereocenters. The third kappa shape index (κ3) is 4.22. The first-order chi connectivity index (χ1) is 12.3. The average Bonchev–Trinajstić information content (AvgIpc) is 3.36. The van der Waals surface area contributed by atoms with Crippen LogP contribution in [0.4, 0.5) is 4.79 Å². The smallest absolute Gasteiger partial charge is 0.318 e. The number of piperazine rings is 1. The second-order valence-electron chi connectivity index (χ2n) is 7.00. The van der Waals surface area contributed by atoms with E-state index in [-0.39, 0.29) is 12.1 Å². The number of benzene rings is 1. The Balaban J connectivity index is 1.42. The van der Waals surface area contributed by atoms with Gasteiger partial charge in [-0.25, -0.2) is 4.79 Å². The van der Waals surface area contributed by atoms with Gasteiger partial charge in [-0.15, -0.1) is 11.3 Å². The number of nitrogens with one attached hydrogen (secondary N) is 1. The van der Waals surface area contributed by atoms with Gasteiger partial charge < -0.3 is 10.2 Å². The number of urea groups is 1. The summed E-state index contributed by atoms with van der Waals surface area (Å²) >= 11 is 1.69. The van der Waals surface area contributed by atoms with Gasteiger partial charge in [0.05, 0.1) is 12.6 Å². The lowest BCUT2D eigenvalue weighted by molar-refractivity contribution is 0.0891. The van der Waals surface area contributed by atoms with Gasteiger partial charge in [-0.05, 0) is 36.3 Å². The minimum atomic E-state index is 0.0739. The summed E-state index contributed by atoms with van der Waals surface area (Å²) in [5, 5.41) is 5.16. The first kappa shape index (κ1) is 16.6. The monoisotopic (exact) mass is 355 g/mol. The zero-order valence-corrected chi connectivity index (χ0v) is 15.3. The largest absolute Gasteiger partial charge is 0.333 e. The van der Waals surface area contributed by atoms with Crippen LogP contribution >= 0.6 is 11.3 Å². The van der Waals surface area contributed by atoms with E-state index < -0.39 is 0 Å². The molecule has 0 bridgehead atoms. The summed E-state index contributed by atoms with van der Waals surface area (Å²) in [5.74, 6) is 0. The number of thiophene rings is 1. The van der Waals surface area contributed by atoms with Crippen LogP contribution in [-0.4, -0.2) is 47.5 Å². The maximum atomic E-state index is 12.8. The van der Waals surface area contributed by atoms with Crippen molar-refractivity contribution in [1.82, 2.24) is 15.1 Å². The van der Waals surface area contributed by atoms with E-state index in [1.807, 2.05) is 17.5 Å². The quantitative estimate of drug-likeness (QED) is 0.893. The molecule has 1 aliphatic heterocycles. The van der Waals surface area contributed by atoms with Crippen LogP contribution in [0.15, 0.2) is 47.8 Å². The van der Waals surface area contributed by atoms with Crippen molar-refractivity contribution in [3.05, 3.63) is 58.3 Å². The summed E-state index contributed by atoms with van der Waals surface area (Å²) in [4.78, 5) is 18.6. The molecule has 1 aromatic heterocycles. The predicted molar refractivity (Wildman–Crippen MR) is 102 cm³/mol. The van der Waals surface area contributed by atoms with E-state index in [2.05, 4.69) is 45.4 Å². The molecule has 1 N–H and O–H groups in total. The van der Waals surface area contributed by atoms with E-state index in [1.165, 1.54) is 23.3 Å². The summed E-state index contributed by atoms with van der Waals surface area (Å²) < 4.78 is 0. The number of carbonyl (C=O) groups is 1. The standard InChI is InChI=1S/C20H25N3OS/c24-20(21-14-19-7-4-12-25-19)23-11-10-22(17-8-9-17)15-18(23)13-16-5-2-1-3-6-16/h1-7,12,17-18H,8-11,13-15H2,(H,21,24). The lowest BCUT2D eigenvalue weighted by Crippen LogP contribution is -2.58. The summed E-state index contributed by atoms with van der Waals surface area (Å²) in [5.41, 5.74) is 1.31. The molecule has 0 radical (unpaired) electrons. The van der Waals surface area contributed by atoms with E-state index in [9.17, 15) is 4.79 Å². The molecule has 1 saturated carbocycles. The fourth-order valence-electron chi connectivity index (χ4n) is 3.66. The lowest BCUT2D eigenvalue weighted by Gasteiger charge is -2.41. The molecule has 132 valence electrons. The maximum absolute atomic E-state index is 12.8. The SMILES string of the molecule is O=C(NCc1cccs1)N1CCN(C2CC2)CC1Cc1ccccc1. The number of rotatable bonds is 5. The van der Waals surface area contributed by atoms with E-state index >= 15 is 0 Å². The van der Waals surface area contributed by atoms with Gasteiger partial charge in [0.1, 0.15) is 0 Å². The van der Waals surface area contributed by atoms with Crippen molar-refractivity contribution in [1.29, 1.82) is 0 Å². The molecule has 2 heterocycles. The number of carbonyl (C=O) groups excluding carboxylic acids is 1. The van der Waals surface area contributed by atoms with Gasteiger partial charge in [0.2, 0.25) is 0 Å². The zero-order valence-electron chi connectivity index (χ0n) is 14.4. The van der Waals surface area contributed by atoms with Crippen LogP contribution in [0.3, 0.4) is 0 Å². The van der Waals surface area contributed by atoms with Gasteiger partial charge in [0, 0.05) is 30.6 Å². The van der Waals surface area contributed by atoms with E-state index in [1.54, 1.807) is 11.3 Å². The highest BCUT2D eigenvalue weighted by Gasteiger charge is 2.37. The molecule has 4 nitrogen and oxygen atoms in total. The summed E-state index contributed by atoms with van der Waals surface area (Å²) in [6, 6.07) is 15.7. The molecule has 0 spiro atoms. The lowest BCUT2D eigenvalue weighted by atomic mass is 10.0. The Bertz CT molecular complexity index is 684. The predicted octanol–water partition coefficient (Wildman–Crippen LogP) is 3.35. The summed E-state index contributed by atoms with van der Waals surface area (Å²) in [7, 11) is 0. The van der Waals surface area contributed by atoms with Crippen LogP contribution < -0.4 is 5.32 Å². The second-order valence-corrected chi connectivity index (χ2v) is 8.03. The topological polar surface area (TPSA) is 35.6 Å². The van der Waals surface area contributed by atoms with Gasteiger partial charge in [-0.3, -0.25) is 4.90 Å². The zero-order chi connectivity index (χ0) is 17.1. The molecule has 1 aromatic carbocycles.